The second kappa shape index (κ2) is 5.89. The van der Waals surface area contributed by atoms with Crippen LogP contribution in [0.2, 0.25) is 0 Å². The van der Waals surface area contributed by atoms with Crippen molar-refractivity contribution in [2.45, 2.75) is 6.54 Å². The normalized spacial score (nSPS) is 16.8. The molecule has 1 saturated heterocycles. The average Bonchev–Trinajstić information content (AvgIpc) is 2.40. The maximum Gasteiger partial charge on any atom is 0.123 e. The smallest absolute Gasteiger partial charge is 0.123 e. The Morgan fingerprint density at radius 3 is 2.59 bits per heavy atom. The van der Waals surface area contributed by atoms with Crippen molar-refractivity contribution in [2.24, 2.45) is 0 Å². The number of benzene rings is 1. The predicted octanol–water partition coefficient (Wildman–Crippen LogP) is 0.0828. The van der Waals surface area contributed by atoms with Crippen LogP contribution in [-0.4, -0.2) is 45.3 Å². The van der Waals surface area contributed by atoms with Gasteiger partial charge < -0.3 is 14.8 Å². The number of hydrogen-bond donors (Lipinski definition) is 1. The van der Waals surface area contributed by atoms with E-state index in [0.29, 0.717) is 0 Å². The van der Waals surface area contributed by atoms with Crippen LogP contribution in [0.1, 0.15) is 5.56 Å². The van der Waals surface area contributed by atoms with Gasteiger partial charge in [0, 0.05) is 25.2 Å². The fourth-order valence-electron chi connectivity index (χ4n) is 2.21. The summed E-state index contributed by atoms with van der Waals surface area (Å²) in [5.74, 6) is 1.84. The molecule has 1 aromatic rings. The van der Waals surface area contributed by atoms with Crippen molar-refractivity contribution in [2.75, 3.05) is 40.4 Å². The van der Waals surface area contributed by atoms with Crippen LogP contribution >= 0.6 is 0 Å². The van der Waals surface area contributed by atoms with E-state index in [-0.39, 0.29) is 0 Å². The Morgan fingerprint density at radius 2 is 1.94 bits per heavy atom. The largest absolute Gasteiger partial charge is 0.497 e. The van der Waals surface area contributed by atoms with E-state index >= 15 is 0 Å². The Balaban J connectivity index is 2.11. The van der Waals surface area contributed by atoms with Crippen molar-refractivity contribution in [1.82, 2.24) is 4.90 Å². The molecule has 0 bridgehead atoms. The molecule has 0 aliphatic carbocycles. The second-order valence-corrected chi connectivity index (χ2v) is 4.32. The van der Waals surface area contributed by atoms with E-state index in [1.165, 1.54) is 18.7 Å². The van der Waals surface area contributed by atoms with E-state index in [0.717, 1.165) is 31.1 Å². The van der Waals surface area contributed by atoms with Gasteiger partial charge in [0.05, 0.1) is 27.3 Å². The molecule has 0 amide bonds. The van der Waals surface area contributed by atoms with Crippen LogP contribution < -0.4 is 14.8 Å². The molecule has 0 radical (unpaired) electrons. The van der Waals surface area contributed by atoms with E-state index < -0.39 is 0 Å². The molecule has 1 aromatic carbocycles. The summed E-state index contributed by atoms with van der Waals surface area (Å²) in [5.41, 5.74) is 1.20. The number of piperazine rings is 1. The Labute approximate surface area is 103 Å². The first-order valence-corrected chi connectivity index (χ1v) is 6.08. The summed E-state index contributed by atoms with van der Waals surface area (Å²) in [7, 11) is 3.41. The minimum Gasteiger partial charge on any atom is -0.497 e. The van der Waals surface area contributed by atoms with Crippen LogP contribution in [-0.2, 0) is 6.54 Å². The number of nitrogens with zero attached hydrogens (tertiary/aromatic N) is 1. The van der Waals surface area contributed by atoms with E-state index in [1.807, 2.05) is 12.1 Å². The zero-order valence-corrected chi connectivity index (χ0v) is 10.6. The maximum atomic E-state index is 5.40. The number of quaternary nitrogens is 1. The number of nitrogens with two attached hydrogens (primary N) is 1. The molecular formula is C13H21N2O2+. The summed E-state index contributed by atoms with van der Waals surface area (Å²) in [5, 5.41) is 2.36. The molecule has 17 heavy (non-hydrogen) atoms. The van der Waals surface area contributed by atoms with Gasteiger partial charge in [-0.25, -0.2) is 0 Å². The number of rotatable bonds is 4. The van der Waals surface area contributed by atoms with Crippen molar-refractivity contribution in [1.29, 1.82) is 0 Å². The Kier molecular flexibility index (Phi) is 4.23. The van der Waals surface area contributed by atoms with E-state index in [9.17, 15) is 0 Å². The molecule has 94 valence electrons. The van der Waals surface area contributed by atoms with Crippen molar-refractivity contribution >= 4 is 0 Å². The zero-order chi connectivity index (χ0) is 12.1. The zero-order valence-electron chi connectivity index (χ0n) is 10.6. The van der Waals surface area contributed by atoms with Gasteiger partial charge in [0.1, 0.15) is 11.5 Å². The summed E-state index contributed by atoms with van der Waals surface area (Å²) in [6.45, 7) is 5.59. The van der Waals surface area contributed by atoms with Gasteiger partial charge in [-0.1, -0.05) is 0 Å². The average molecular weight is 237 g/mol. The quantitative estimate of drug-likeness (QED) is 0.806. The lowest BCUT2D eigenvalue weighted by Gasteiger charge is -2.25. The number of methoxy groups -OCH3 is 2. The van der Waals surface area contributed by atoms with Gasteiger partial charge in [-0.2, -0.15) is 0 Å². The molecule has 0 aromatic heterocycles. The lowest BCUT2D eigenvalue weighted by molar-refractivity contribution is -0.663. The van der Waals surface area contributed by atoms with Gasteiger partial charge in [-0.3, -0.25) is 4.90 Å². The van der Waals surface area contributed by atoms with Gasteiger partial charge in [0.25, 0.3) is 0 Å². The number of hydrogen-bond acceptors (Lipinski definition) is 3. The Morgan fingerprint density at radius 1 is 1.18 bits per heavy atom. The maximum absolute atomic E-state index is 5.40. The molecular weight excluding hydrogens is 216 g/mol. The molecule has 1 aliphatic rings. The van der Waals surface area contributed by atoms with E-state index in [4.69, 9.17) is 9.47 Å². The summed E-state index contributed by atoms with van der Waals surface area (Å²) >= 11 is 0. The molecule has 1 heterocycles. The van der Waals surface area contributed by atoms with E-state index in [1.54, 1.807) is 14.2 Å². The van der Waals surface area contributed by atoms with Crippen molar-refractivity contribution in [3.63, 3.8) is 0 Å². The summed E-state index contributed by atoms with van der Waals surface area (Å²) in [6, 6.07) is 5.98. The SMILES string of the molecule is COc1ccc(OC)c(CN2CC[NH2+]CC2)c1. The van der Waals surface area contributed by atoms with Crippen LogP contribution in [0.3, 0.4) is 0 Å². The Bertz CT molecular complexity index is 362. The van der Waals surface area contributed by atoms with Crippen molar-refractivity contribution in [3.05, 3.63) is 23.8 Å². The Hall–Kier alpha value is -1.26. The fraction of sp³-hybridized carbons (Fsp3) is 0.538. The molecule has 0 unspecified atom stereocenters. The fourth-order valence-corrected chi connectivity index (χ4v) is 2.21. The van der Waals surface area contributed by atoms with Crippen molar-refractivity contribution in [3.8, 4) is 11.5 Å². The molecule has 4 nitrogen and oxygen atoms in total. The minimum absolute atomic E-state index is 0.893. The first-order valence-electron chi connectivity index (χ1n) is 6.08. The van der Waals surface area contributed by atoms with Crippen LogP contribution in [0.15, 0.2) is 18.2 Å². The van der Waals surface area contributed by atoms with Crippen LogP contribution in [0, 0.1) is 0 Å². The van der Waals surface area contributed by atoms with Gasteiger partial charge in [0.15, 0.2) is 0 Å². The summed E-state index contributed by atoms with van der Waals surface area (Å²) < 4.78 is 10.7. The van der Waals surface area contributed by atoms with Crippen LogP contribution in [0.5, 0.6) is 11.5 Å². The lowest BCUT2D eigenvalue weighted by atomic mass is 10.1. The van der Waals surface area contributed by atoms with Gasteiger partial charge >= 0.3 is 0 Å². The molecule has 2 rings (SSSR count). The van der Waals surface area contributed by atoms with Gasteiger partial charge in [0.2, 0.25) is 0 Å². The monoisotopic (exact) mass is 237 g/mol. The predicted molar refractivity (Wildman–Crippen MR) is 66.5 cm³/mol. The first kappa shape index (κ1) is 12.2. The molecule has 1 fully saturated rings. The molecule has 1 aliphatic heterocycles. The number of ether oxygens (including phenoxy) is 2. The van der Waals surface area contributed by atoms with E-state index in [2.05, 4.69) is 16.3 Å². The standard InChI is InChI=1S/C13H20N2O2/c1-16-12-3-4-13(17-2)11(9-12)10-15-7-5-14-6-8-15/h3-4,9,14H,5-8,10H2,1-2H3/p+1. The van der Waals surface area contributed by atoms with Crippen molar-refractivity contribution < 1.29 is 14.8 Å². The highest BCUT2D eigenvalue weighted by Gasteiger charge is 2.15. The minimum atomic E-state index is 0.893. The van der Waals surface area contributed by atoms with Crippen LogP contribution in [0.25, 0.3) is 0 Å². The van der Waals surface area contributed by atoms with Gasteiger partial charge in [-0.15, -0.1) is 0 Å². The topological polar surface area (TPSA) is 38.3 Å². The highest BCUT2D eigenvalue weighted by Crippen LogP contribution is 2.25. The highest BCUT2D eigenvalue weighted by molar-refractivity contribution is 5.40. The van der Waals surface area contributed by atoms with Gasteiger partial charge in [-0.05, 0) is 18.2 Å². The highest BCUT2D eigenvalue weighted by atomic mass is 16.5. The molecule has 2 N–H and O–H groups in total. The summed E-state index contributed by atoms with van der Waals surface area (Å²) in [6.07, 6.45) is 0. The first-order chi connectivity index (χ1) is 8.33. The molecule has 0 saturated carbocycles. The molecule has 0 spiro atoms. The third-order valence-corrected chi connectivity index (χ3v) is 3.18. The lowest BCUT2D eigenvalue weighted by Crippen LogP contribution is -2.89. The second-order valence-electron chi connectivity index (χ2n) is 4.32. The van der Waals surface area contributed by atoms with Crippen LogP contribution in [0.4, 0.5) is 0 Å². The summed E-state index contributed by atoms with van der Waals surface area (Å²) in [4.78, 5) is 2.46. The third-order valence-electron chi connectivity index (χ3n) is 3.18. The molecule has 0 atom stereocenters. The molecule has 4 heteroatoms. The third kappa shape index (κ3) is 3.11.